The first kappa shape index (κ1) is 20.9. The van der Waals surface area contributed by atoms with Crippen molar-refractivity contribution in [1.82, 2.24) is 4.90 Å². The second kappa shape index (κ2) is 8.41. The predicted molar refractivity (Wildman–Crippen MR) is 115 cm³/mol. The Morgan fingerprint density at radius 3 is 2.55 bits per heavy atom. The van der Waals surface area contributed by atoms with E-state index >= 15 is 0 Å². The summed E-state index contributed by atoms with van der Waals surface area (Å²) >= 11 is 0. The van der Waals surface area contributed by atoms with E-state index in [9.17, 15) is 14.4 Å². The zero-order chi connectivity index (χ0) is 22.1. The van der Waals surface area contributed by atoms with Crippen LogP contribution < -0.4 is 14.4 Å². The quantitative estimate of drug-likeness (QED) is 0.689. The lowest BCUT2D eigenvalue weighted by Crippen LogP contribution is -2.32. The summed E-state index contributed by atoms with van der Waals surface area (Å²) in [6, 6.07) is 12.2. The molecule has 2 atom stereocenters. The van der Waals surface area contributed by atoms with Crippen LogP contribution in [0.4, 0.5) is 5.69 Å². The molecular formula is C24H26N2O5. The predicted octanol–water partition coefficient (Wildman–Crippen LogP) is 3.58. The van der Waals surface area contributed by atoms with Gasteiger partial charge >= 0.3 is 0 Å². The number of rotatable bonds is 5. The second-order valence-corrected chi connectivity index (χ2v) is 7.99. The Labute approximate surface area is 181 Å². The van der Waals surface area contributed by atoms with E-state index in [1.54, 1.807) is 45.4 Å². The number of amides is 3. The van der Waals surface area contributed by atoms with Gasteiger partial charge in [0.25, 0.3) is 5.91 Å². The molecule has 3 amide bonds. The largest absolute Gasteiger partial charge is 0.497 e. The van der Waals surface area contributed by atoms with E-state index in [-0.39, 0.29) is 36.1 Å². The Bertz CT molecular complexity index is 1030. The summed E-state index contributed by atoms with van der Waals surface area (Å²) in [5.74, 6) is 0.479. The highest BCUT2D eigenvalue weighted by atomic mass is 16.5. The molecule has 162 valence electrons. The van der Waals surface area contributed by atoms with Crippen LogP contribution in [-0.2, 0) is 9.59 Å². The molecule has 2 aliphatic heterocycles. The lowest BCUT2D eigenvalue weighted by atomic mass is 10.0. The van der Waals surface area contributed by atoms with E-state index in [1.807, 2.05) is 23.1 Å². The number of anilines is 1. The van der Waals surface area contributed by atoms with Crippen LogP contribution in [0.25, 0.3) is 0 Å². The molecule has 0 bridgehead atoms. The Kier molecular flexibility index (Phi) is 5.67. The fourth-order valence-corrected chi connectivity index (χ4v) is 4.43. The Morgan fingerprint density at radius 1 is 1.06 bits per heavy atom. The van der Waals surface area contributed by atoms with Gasteiger partial charge in [0.2, 0.25) is 11.8 Å². The number of ether oxygens (including phenoxy) is 2. The maximum atomic E-state index is 13.4. The molecule has 0 spiro atoms. The van der Waals surface area contributed by atoms with Gasteiger partial charge in [-0.05, 0) is 49.2 Å². The normalized spacial score (nSPS) is 21.0. The van der Waals surface area contributed by atoms with Gasteiger partial charge in [-0.3, -0.25) is 19.3 Å². The highest BCUT2D eigenvalue weighted by molar-refractivity contribution is 6.21. The number of hydrogen-bond acceptors (Lipinski definition) is 5. The molecule has 2 aromatic rings. The zero-order valence-electron chi connectivity index (χ0n) is 18.0. The summed E-state index contributed by atoms with van der Waals surface area (Å²) in [6.07, 6.45) is 1.88. The van der Waals surface area contributed by atoms with Crippen LogP contribution in [-0.4, -0.2) is 43.4 Å². The van der Waals surface area contributed by atoms with Crippen LogP contribution in [0.15, 0.2) is 42.5 Å². The molecule has 2 saturated heterocycles. The Morgan fingerprint density at radius 2 is 1.87 bits per heavy atom. The number of imide groups is 1. The number of likely N-dealkylation sites (tertiary alicyclic amines) is 1. The first-order valence-corrected chi connectivity index (χ1v) is 10.4. The molecular weight excluding hydrogens is 396 g/mol. The zero-order valence-corrected chi connectivity index (χ0v) is 18.0. The summed E-state index contributed by atoms with van der Waals surface area (Å²) in [5, 5.41) is 0. The van der Waals surface area contributed by atoms with Gasteiger partial charge in [0.1, 0.15) is 11.5 Å². The summed E-state index contributed by atoms with van der Waals surface area (Å²) in [4.78, 5) is 41.1. The second-order valence-electron chi connectivity index (χ2n) is 7.99. The fourth-order valence-electron chi connectivity index (χ4n) is 4.43. The average Bonchev–Trinajstić information content (AvgIpc) is 3.37. The molecule has 4 rings (SSSR count). The van der Waals surface area contributed by atoms with E-state index in [0.717, 1.165) is 18.4 Å². The van der Waals surface area contributed by atoms with E-state index in [4.69, 9.17) is 9.47 Å². The molecule has 7 heteroatoms. The van der Waals surface area contributed by atoms with Crippen LogP contribution in [0.5, 0.6) is 11.5 Å². The summed E-state index contributed by atoms with van der Waals surface area (Å²) in [5.41, 5.74) is 1.80. The van der Waals surface area contributed by atoms with Crippen molar-refractivity contribution in [3.05, 3.63) is 53.6 Å². The van der Waals surface area contributed by atoms with E-state index in [2.05, 4.69) is 0 Å². The summed E-state index contributed by atoms with van der Waals surface area (Å²) in [6.45, 7) is 2.36. The van der Waals surface area contributed by atoms with Crippen molar-refractivity contribution in [1.29, 1.82) is 0 Å². The van der Waals surface area contributed by atoms with Crippen molar-refractivity contribution in [3.8, 4) is 11.5 Å². The van der Waals surface area contributed by atoms with Crippen molar-refractivity contribution >= 4 is 23.4 Å². The fraction of sp³-hybridized carbons (Fsp3) is 0.375. The number of methoxy groups -OCH3 is 2. The van der Waals surface area contributed by atoms with Crippen LogP contribution in [0.2, 0.25) is 0 Å². The van der Waals surface area contributed by atoms with Crippen molar-refractivity contribution in [2.24, 2.45) is 5.92 Å². The van der Waals surface area contributed by atoms with Crippen molar-refractivity contribution < 1.29 is 23.9 Å². The standard InChI is InChI=1S/C24H26N2O5/c1-15-12-22(27)26(23(15)28)17-7-4-6-16(13-17)24(29)25-11-5-8-20(25)19-14-18(30-2)9-10-21(19)31-3/h4,6-7,9-10,13-15,20H,5,8,11-12H2,1-3H3/t15-,20+/m1/s1. The molecule has 0 aromatic heterocycles. The third-order valence-corrected chi connectivity index (χ3v) is 6.03. The van der Waals surface area contributed by atoms with Gasteiger partial charge in [0, 0.05) is 30.0 Å². The van der Waals surface area contributed by atoms with Crippen LogP contribution >= 0.6 is 0 Å². The Hall–Kier alpha value is -3.35. The topological polar surface area (TPSA) is 76.2 Å². The highest BCUT2D eigenvalue weighted by Crippen LogP contribution is 2.40. The third kappa shape index (κ3) is 3.76. The minimum atomic E-state index is -0.338. The van der Waals surface area contributed by atoms with Gasteiger partial charge in [-0.25, -0.2) is 0 Å². The summed E-state index contributed by atoms with van der Waals surface area (Å²) < 4.78 is 10.9. The van der Waals surface area contributed by atoms with Gasteiger partial charge < -0.3 is 14.4 Å². The van der Waals surface area contributed by atoms with Crippen molar-refractivity contribution in [2.45, 2.75) is 32.2 Å². The molecule has 0 unspecified atom stereocenters. The summed E-state index contributed by atoms with van der Waals surface area (Å²) in [7, 11) is 3.22. The molecule has 0 saturated carbocycles. The molecule has 0 aliphatic carbocycles. The molecule has 7 nitrogen and oxygen atoms in total. The van der Waals surface area contributed by atoms with Gasteiger partial charge in [-0.15, -0.1) is 0 Å². The van der Waals surface area contributed by atoms with Crippen LogP contribution in [0, 0.1) is 5.92 Å². The molecule has 0 N–H and O–H groups in total. The lowest BCUT2D eigenvalue weighted by Gasteiger charge is -2.27. The first-order valence-electron chi connectivity index (χ1n) is 10.4. The van der Waals surface area contributed by atoms with Crippen LogP contribution in [0.3, 0.4) is 0 Å². The van der Waals surface area contributed by atoms with Crippen LogP contribution in [0.1, 0.15) is 48.1 Å². The third-order valence-electron chi connectivity index (χ3n) is 6.03. The smallest absolute Gasteiger partial charge is 0.254 e. The highest BCUT2D eigenvalue weighted by Gasteiger charge is 2.37. The minimum Gasteiger partial charge on any atom is -0.497 e. The number of carbonyl (C=O) groups excluding carboxylic acids is 3. The maximum absolute atomic E-state index is 13.4. The van der Waals surface area contributed by atoms with Gasteiger partial charge in [-0.1, -0.05) is 13.0 Å². The molecule has 31 heavy (non-hydrogen) atoms. The van der Waals surface area contributed by atoms with Gasteiger partial charge in [-0.2, -0.15) is 0 Å². The molecule has 2 heterocycles. The minimum absolute atomic E-state index is 0.138. The molecule has 2 aromatic carbocycles. The molecule has 0 radical (unpaired) electrons. The number of nitrogens with zero attached hydrogens (tertiary/aromatic N) is 2. The maximum Gasteiger partial charge on any atom is 0.254 e. The van der Waals surface area contributed by atoms with Crippen molar-refractivity contribution in [2.75, 3.05) is 25.7 Å². The monoisotopic (exact) mass is 422 g/mol. The number of hydrogen-bond donors (Lipinski definition) is 0. The average molecular weight is 422 g/mol. The van der Waals surface area contributed by atoms with Crippen molar-refractivity contribution in [3.63, 3.8) is 0 Å². The molecule has 2 fully saturated rings. The first-order chi connectivity index (χ1) is 14.9. The lowest BCUT2D eigenvalue weighted by molar-refractivity contribution is -0.122. The number of carbonyl (C=O) groups is 3. The van der Waals surface area contributed by atoms with E-state index in [0.29, 0.717) is 29.3 Å². The van der Waals surface area contributed by atoms with Gasteiger partial charge in [0.15, 0.2) is 0 Å². The SMILES string of the molecule is COc1ccc(OC)c([C@@H]2CCCN2C(=O)c2cccc(N3C(=O)C[C@@H](C)C3=O)c2)c1. The Balaban J connectivity index is 1.64. The van der Waals surface area contributed by atoms with E-state index in [1.165, 1.54) is 4.90 Å². The number of benzene rings is 2. The molecule has 2 aliphatic rings. The van der Waals surface area contributed by atoms with Gasteiger partial charge in [0.05, 0.1) is 25.9 Å². The van der Waals surface area contributed by atoms with E-state index < -0.39 is 0 Å².